The van der Waals surface area contributed by atoms with Gasteiger partial charge in [-0.1, -0.05) is 0 Å². The van der Waals surface area contributed by atoms with Crippen LogP contribution in [0.5, 0.6) is 0 Å². The van der Waals surface area contributed by atoms with Crippen LogP contribution in [0.15, 0.2) is 11.4 Å². The first-order chi connectivity index (χ1) is 5.58. The van der Waals surface area contributed by atoms with E-state index in [0.717, 1.165) is 5.56 Å². The standard InChI is InChI=1S/C9H15NOS/c1-7-8(3-6-12-7)9(2,11)4-5-10/h3,6,11H,4-5,10H2,1-2H3. The summed E-state index contributed by atoms with van der Waals surface area (Å²) in [7, 11) is 0. The number of thiophene rings is 1. The molecule has 12 heavy (non-hydrogen) atoms. The van der Waals surface area contributed by atoms with E-state index in [1.807, 2.05) is 25.3 Å². The van der Waals surface area contributed by atoms with E-state index in [1.165, 1.54) is 4.88 Å². The topological polar surface area (TPSA) is 46.2 Å². The van der Waals surface area contributed by atoms with Crippen molar-refractivity contribution in [1.82, 2.24) is 0 Å². The molecule has 0 bridgehead atoms. The normalized spacial score (nSPS) is 16.0. The minimum absolute atomic E-state index is 0.516. The maximum Gasteiger partial charge on any atom is 0.0891 e. The lowest BCUT2D eigenvalue weighted by atomic mass is 9.93. The second-order valence-corrected chi connectivity index (χ2v) is 4.32. The molecule has 0 spiro atoms. The highest BCUT2D eigenvalue weighted by Crippen LogP contribution is 2.29. The highest BCUT2D eigenvalue weighted by molar-refractivity contribution is 7.10. The lowest BCUT2D eigenvalue weighted by Crippen LogP contribution is -2.25. The molecule has 0 saturated carbocycles. The second-order valence-electron chi connectivity index (χ2n) is 3.20. The van der Waals surface area contributed by atoms with E-state index in [4.69, 9.17) is 5.73 Å². The number of rotatable bonds is 3. The molecule has 3 heteroatoms. The zero-order chi connectivity index (χ0) is 9.19. The largest absolute Gasteiger partial charge is 0.385 e. The van der Waals surface area contributed by atoms with Crippen molar-refractivity contribution in [2.45, 2.75) is 25.9 Å². The van der Waals surface area contributed by atoms with Gasteiger partial charge in [-0.05, 0) is 43.8 Å². The molecule has 0 aliphatic rings. The highest BCUT2D eigenvalue weighted by Gasteiger charge is 2.24. The predicted molar refractivity (Wildman–Crippen MR) is 52.3 cm³/mol. The van der Waals surface area contributed by atoms with Gasteiger partial charge in [0.05, 0.1) is 5.60 Å². The SMILES string of the molecule is Cc1sccc1C(C)(O)CCN. The first-order valence-corrected chi connectivity index (χ1v) is 4.93. The van der Waals surface area contributed by atoms with E-state index in [-0.39, 0.29) is 0 Å². The minimum atomic E-state index is -0.751. The van der Waals surface area contributed by atoms with Gasteiger partial charge < -0.3 is 10.8 Å². The van der Waals surface area contributed by atoms with Crippen LogP contribution in [-0.4, -0.2) is 11.7 Å². The molecule has 1 unspecified atom stereocenters. The molecule has 0 amide bonds. The Bertz CT molecular complexity index is 255. The Balaban J connectivity index is 2.88. The Labute approximate surface area is 77.0 Å². The van der Waals surface area contributed by atoms with E-state index < -0.39 is 5.60 Å². The number of aryl methyl sites for hydroxylation is 1. The Morgan fingerprint density at radius 2 is 2.33 bits per heavy atom. The molecular formula is C9H15NOS. The molecule has 1 heterocycles. The maximum atomic E-state index is 9.98. The molecule has 0 aliphatic carbocycles. The molecule has 0 fully saturated rings. The fourth-order valence-corrected chi connectivity index (χ4v) is 2.18. The van der Waals surface area contributed by atoms with Crippen LogP contribution in [-0.2, 0) is 5.60 Å². The zero-order valence-electron chi connectivity index (χ0n) is 7.50. The third-order valence-corrected chi connectivity index (χ3v) is 2.92. The fraction of sp³-hybridized carbons (Fsp3) is 0.556. The zero-order valence-corrected chi connectivity index (χ0v) is 8.32. The maximum absolute atomic E-state index is 9.98. The van der Waals surface area contributed by atoms with Gasteiger partial charge in [0.2, 0.25) is 0 Å². The molecule has 0 aromatic carbocycles. The van der Waals surface area contributed by atoms with Crippen LogP contribution in [0.1, 0.15) is 23.8 Å². The lowest BCUT2D eigenvalue weighted by molar-refractivity contribution is 0.0503. The molecule has 0 aliphatic heterocycles. The predicted octanol–water partition coefficient (Wildman–Crippen LogP) is 1.61. The molecule has 3 N–H and O–H groups in total. The van der Waals surface area contributed by atoms with Crippen LogP contribution in [0.25, 0.3) is 0 Å². The van der Waals surface area contributed by atoms with Gasteiger partial charge in [0.25, 0.3) is 0 Å². The van der Waals surface area contributed by atoms with Crippen molar-refractivity contribution >= 4 is 11.3 Å². The molecular weight excluding hydrogens is 170 g/mol. The summed E-state index contributed by atoms with van der Waals surface area (Å²) in [6, 6.07) is 1.97. The monoisotopic (exact) mass is 185 g/mol. The quantitative estimate of drug-likeness (QED) is 0.751. The van der Waals surface area contributed by atoms with E-state index >= 15 is 0 Å². The number of aliphatic hydroxyl groups is 1. The summed E-state index contributed by atoms with van der Waals surface area (Å²) in [4.78, 5) is 1.17. The lowest BCUT2D eigenvalue weighted by Gasteiger charge is -2.22. The summed E-state index contributed by atoms with van der Waals surface area (Å²) in [5.41, 5.74) is 5.68. The van der Waals surface area contributed by atoms with Gasteiger partial charge in [0.1, 0.15) is 0 Å². The van der Waals surface area contributed by atoms with Crippen LogP contribution in [0.4, 0.5) is 0 Å². The van der Waals surface area contributed by atoms with Crippen molar-refractivity contribution < 1.29 is 5.11 Å². The number of hydrogen-bond donors (Lipinski definition) is 2. The van der Waals surface area contributed by atoms with Gasteiger partial charge in [-0.25, -0.2) is 0 Å². The third-order valence-electron chi connectivity index (χ3n) is 2.07. The molecule has 2 nitrogen and oxygen atoms in total. The molecule has 1 atom stereocenters. The van der Waals surface area contributed by atoms with Gasteiger partial charge in [-0.15, -0.1) is 11.3 Å². The van der Waals surface area contributed by atoms with Crippen molar-refractivity contribution in [2.75, 3.05) is 6.54 Å². The van der Waals surface area contributed by atoms with Crippen LogP contribution >= 0.6 is 11.3 Å². The van der Waals surface area contributed by atoms with Crippen LogP contribution < -0.4 is 5.73 Å². The Hall–Kier alpha value is -0.380. The van der Waals surface area contributed by atoms with Crippen molar-refractivity contribution in [1.29, 1.82) is 0 Å². The number of nitrogens with two attached hydrogens (primary N) is 1. The Morgan fingerprint density at radius 3 is 2.75 bits per heavy atom. The molecule has 1 aromatic rings. The molecule has 1 rings (SSSR count). The third kappa shape index (κ3) is 1.86. The fourth-order valence-electron chi connectivity index (χ4n) is 1.36. The van der Waals surface area contributed by atoms with Crippen molar-refractivity contribution in [3.63, 3.8) is 0 Å². The van der Waals surface area contributed by atoms with Crippen molar-refractivity contribution in [3.8, 4) is 0 Å². The number of hydrogen-bond acceptors (Lipinski definition) is 3. The summed E-state index contributed by atoms with van der Waals surface area (Å²) in [5.74, 6) is 0. The summed E-state index contributed by atoms with van der Waals surface area (Å²) < 4.78 is 0. The van der Waals surface area contributed by atoms with Crippen molar-refractivity contribution in [2.24, 2.45) is 5.73 Å². The average molecular weight is 185 g/mol. The molecule has 68 valence electrons. The van der Waals surface area contributed by atoms with Crippen LogP contribution in [0, 0.1) is 6.92 Å². The second kappa shape index (κ2) is 3.56. The highest BCUT2D eigenvalue weighted by atomic mass is 32.1. The van der Waals surface area contributed by atoms with Gasteiger partial charge in [0.15, 0.2) is 0 Å². The summed E-state index contributed by atoms with van der Waals surface area (Å²) in [6.07, 6.45) is 0.616. The Kier molecular flexibility index (Phi) is 2.88. The van der Waals surface area contributed by atoms with Gasteiger partial charge in [-0.3, -0.25) is 0 Å². The summed E-state index contributed by atoms with van der Waals surface area (Å²) >= 11 is 1.66. The average Bonchev–Trinajstić information content (AvgIpc) is 2.35. The van der Waals surface area contributed by atoms with Gasteiger partial charge in [0, 0.05) is 4.88 Å². The van der Waals surface area contributed by atoms with Crippen LogP contribution in [0.2, 0.25) is 0 Å². The van der Waals surface area contributed by atoms with E-state index in [9.17, 15) is 5.11 Å². The summed E-state index contributed by atoms with van der Waals surface area (Å²) in [6.45, 7) is 4.35. The van der Waals surface area contributed by atoms with Gasteiger partial charge >= 0.3 is 0 Å². The minimum Gasteiger partial charge on any atom is -0.385 e. The van der Waals surface area contributed by atoms with E-state index in [0.29, 0.717) is 13.0 Å². The van der Waals surface area contributed by atoms with E-state index in [1.54, 1.807) is 11.3 Å². The van der Waals surface area contributed by atoms with Gasteiger partial charge in [-0.2, -0.15) is 0 Å². The first kappa shape index (κ1) is 9.71. The van der Waals surface area contributed by atoms with Crippen LogP contribution in [0.3, 0.4) is 0 Å². The first-order valence-electron chi connectivity index (χ1n) is 4.05. The molecule has 1 aromatic heterocycles. The molecule has 0 radical (unpaired) electrons. The Morgan fingerprint density at radius 1 is 1.67 bits per heavy atom. The smallest absolute Gasteiger partial charge is 0.0891 e. The van der Waals surface area contributed by atoms with Crippen molar-refractivity contribution in [3.05, 3.63) is 21.9 Å². The molecule has 0 saturated heterocycles. The summed E-state index contributed by atoms with van der Waals surface area (Å²) in [5, 5.41) is 12.0. The van der Waals surface area contributed by atoms with E-state index in [2.05, 4.69) is 0 Å².